The van der Waals surface area contributed by atoms with Gasteiger partial charge in [0.2, 0.25) is 10.0 Å². The number of aryl methyl sites for hydroxylation is 1. The normalized spacial score (nSPS) is 12.6. The van der Waals surface area contributed by atoms with E-state index in [4.69, 9.17) is 0 Å². The molecule has 25 heavy (non-hydrogen) atoms. The highest BCUT2D eigenvalue weighted by atomic mass is 127. The van der Waals surface area contributed by atoms with Crippen LogP contribution in [0.15, 0.2) is 47.4 Å². The summed E-state index contributed by atoms with van der Waals surface area (Å²) in [6.45, 7) is 3.32. The Morgan fingerprint density at radius 3 is 2.40 bits per heavy atom. The van der Waals surface area contributed by atoms with Gasteiger partial charge >= 0.3 is 0 Å². The molecule has 1 unspecified atom stereocenters. The number of benzene rings is 2. The van der Waals surface area contributed by atoms with Crippen molar-refractivity contribution in [2.24, 2.45) is 0 Å². The van der Waals surface area contributed by atoms with Gasteiger partial charge in [0.05, 0.1) is 11.0 Å². The molecule has 2 aromatic rings. The van der Waals surface area contributed by atoms with Gasteiger partial charge in [-0.05, 0) is 84.5 Å². The summed E-state index contributed by atoms with van der Waals surface area (Å²) in [5.74, 6) is -0.315. The number of halogens is 1. The maximum Gasteiger partial charge on any atom is 0.255 e. The van der Waals surface area contributed by atoms with Crippen LogP contribution in [0.25, 0.3) is 0 Å². The number of carbonyl (C=O) groups is 1. The van der Waals surface area contributed by atoms with E-state index >= 15 is 0 Å². The third kappa shape index (κ3) is 5.50. The van der Waals surface area contributed by atoms with E-state index in [9.17, 15) is 18.3 Å². The molecular weight excluding hydrogens is 455 g/mol. The van der Waals surface area contributed by atoms with Gasteiger partial charge in [-0.25, -0.2) is 13.1 Å². The van der Waals surface area contributed by atoms with E-state index in [0.29, 0.717) is 11.3 Å². The van der Waals surface area contributed by atoms with Crippen LogP contribution in [-0.2, 0) is 10.0 Å². The highest BCUT2D eigenvalue weighted by Crippen LogP contribution is 2.19. The lowest BCUT2D eigenvalue weighted by Gasteiger charge is -2.10. The van der Waals surface area contributed by atoms with Crippen molar-refractivity contribution >= 4 is 44.2 Å². The first-order chi connectivity index (χ1) is 11.7. The van der Waals surface area contributed by atoms with Crippen molar-refractivity contribution in [1.82, 2.24) is 4.72 Å². The van der Waals surface area contributed by atoms with E-state index in [1.807, 2.05) is 25.1 Å². The third-order valence-corrected chi connectivity index (χ3v) is 5.54. The zero-order chi connectivity index (χ0) is 18.6. The van der Waals surface area contributed by atoms with E-state index in [-0.39, 0.29) is 17.3 Å². The largest absolute Gasteiger partial charge is 0.392 e. The molecule has 0 aliphatic rings. The first-order valence-electron chi connectivity index (χ1n) is 7.54. The molecule has 134 valence electrons. The van der Waals surface area contributed by atoms with Gasteiger partial charge in [0.1, 0.15) is 0 Å². The fraction of sp³-hybridized carbons (Fsp3) is 0.235. The standard InChI is InChI=1S/C17H19IN2O4S/c1-11-9-14(18)5-8-16(11)20-17(22)13-3-6-15(7-4-13)25(23,24)19-10-12(2)21/h3-9,12,19,21H,10H2,1-2H3,(H,20,22). The minimum absolute atomic E-state index is 0.0372. The fourth-order valence-corrected chi connectivity index (χ4v) is 3.83. The van der Waals surface area contributed by atoms with Gasteiger partial charge in [-0.15, -0.1) is 0 Å². The first-order valence-corrected chi connectivity index (χ1v) is 10.1. The lowest BCUT2D eigenvalue weighted by molar-refractivity contribution is 0.102. The molecule has 2 aromatic carbocycles. The summed E-state index contributed by atoms with van der Waals surface area (Å²) in [6.07, 6.45) is -0.781. The van der Waals surface area contributed by atoms with Crippen molar-refractivity contribution in [3.05, 3.63) is 57.2 Å². The van der Waals surface area contributed by atoms with Crippen molar-refractivity contribution in [1.29, 1.82) is 0 Å². The van der Waals surface area contributed by atoms with Crippen LogP contribution in [0.4, 0.5) is 5.69 Å². The predicted octanol–water partition coefficient (Wildman–Crippen LogP) is 2.51. The van der Waals surface area contributed by atoms with Crippen LogP contribution in [-0.4, -0.2) is 32.1 Å². The molecule has 0 radical (unpaired) electrons. The van der Waals surface area contributed by atoms with Crippen molar-refractivity contribution in [2.45, 2.75) is 24.8 Å². The molecule has 0 heterocycles. The number of aliphatic hydroxyl groups is 1. The van der Waals surface area contributed by atoms with Crippen LogP contribution in [0.5, 0.6) is 0 Å². The zero-order valence-corrected chi connectivity index (χ0v) is 16.8. The molecule has 0 aliphatic heterocycles. The summed E-state index contributed by atoms with van der Waals surface area (Å²) in [4.78, 5) is 12.4. The first kappa shape index (κ1) is 19.8. The summed E-state index contributed by atoms with van der Waals surface area (Å²) in [5, 5.41) is 12.0. The van der Waals surface area contributed by atoms with Gasteiger partial charge in [-0.1, -0.05) is 0 Å². The molecule has 8 heteroatoms. The molecule has 6 nitrogen and oxygen atoms in total. The Balaban J connectivity index is 2.12. The molecule has 0 saturated heterocycles. The Morgan fingerprint density at radius 2 is 1.84 bits per heavy atom. The maximum absolute atomic E-state index is 12.3. The van der Waals surface area contributed by atoms with E-state index < -0.39 is 16.1 Å². The van der Waals surface area contributed by atoms with Gasteiger partial charge in [-0.3, -0.25) is 4.79 Å². The summed E-state index contributed by atoms with van der Waals surface area (Å²) in [5.41, 5.74) is 2.01. The lowest BCUT2D eigenvalue weighted by Crippen LogP contribution is -2.30. The minimum atomic E-state index is -3.71. The molecule has 2 rings (SSSR count). The highest BCUT2D eigenvalue weighted by Gasteiger charge is 2.15. The Morgan fingerprint density at radius 1 is 1.20 bits per heavy atom. The van der Waals surface area contributed by atoms with E-state index in [1.165, 1.54) is 31.2 Å². The van der Waals surface area contributed by atoms with Gasteiger partial charge in [0.15, 0.2) is 0 Å². The smallest absolute Gasteiger partial charge is 0.255 e. The molecule has 0 bridgehead atoms. The van der Waals surface area contributed by atoms with Gasteiger partial charge in [-0.2, -0.15) is 0 Å². The molecule has 0 fully saturated rings. The molecule has 0 spiro atoms. The van der Waals surface area contributed by atoms with Crippen LogP contribution in [0.1, 0.15) is 22.8 Å². The molecular formula is C17H19IN2O4S. The van der Waals surface area contributed by atoms with Crippen LogP contribution in [0.3, 0.4) is 0 Å². The second-order valence-electron chi connectivity index (χ2n) is 5.64. The highest BCUT2D eigenvalue weighted by molar-refractivity contribution is 14.1. The Hall–Kier alpha value is -1.49. The second-order valence-corrected chi connectivity index (χ2v) is 8.65. The summed E-state index contributed by atoms with van der Waals surface area (Å²) in [6, 6.07) is 11.3. The van der Waals surface area contributed by atoms with E-state index in [1.54, 1.807) is 0 Å². The summed E-state index contributed by atoms with van der Waals surface area (Å²) < 4.78 is 27.5. The monoisotopic (exact) mass is 474 g/mol. The molecule has 3 N–H and O–H groups in total. The van der Waals surface area contributed by atoms with E-state index in [2.05, 4.69) is 32.6 Å². The molecule has 1 atom stereocenters. The number of aliphatic hydroxyl groups excluding tert-OH is 1. The number of amides is 1. The van der Waals surface area contributed by atoms with E-state index in [0.717, 1.165) is 9.13 Å². The predicted molar refractivity (Wildman–Crippen MR) is 105 cm³/mol. The zero-order valence-electron chi connectivity index (χ0n) is 13.8. The van der Waals surface area contributed by atoms with Crippen molar-refractivity contribution in [3.8, 4) is 0 Å². The summed E-state index contributed by atoms with van der Waals surface area (Å²) >= 11 is 2.20. The average Bonchev–Trinajstić information content (AvgIpc) is 2.56. The molecule has 0 aliphatic carbocycles. The van der Waals surface area contributed by atoms with Crippen LogP contribution in [0, 0.1) is 10.5 Å². The number of nitrogens with one attached hydrogen (secondary N) is 2. The maximum atomic E-state index is 12.3. The number of sulfonamides is 1. The number of rotatable bonds is 6. The van der Waals surface area contributed by atoms with Crippen LogP contribution in [0.2, 0.25) is 0 Å². The lowest BCUT2D eigenvalue weighted by atomic mass is 10.1. The van der Waals surface area contributed by atoms with Crippen LogP contribution < -0.4 is 10.0 Å². The quantitative estimate of drug-likeness (QED) is 0.561. The average molecular weight is 474 g/mol. The van der Waals surface area contributed by atoms with Crippen molar-refractivity contribution < 1.29 is 18.3 Å². The Bertz CT molecular complexity index is 865. The van der Waals surface area contributed by atoms with Gasteiger partial charge < -0.3 is 10.4 Å². The fourth-order valence-electron chi connectivity index (χ4n) is 2.06. The van der Waals surface area contributed by atoms with Crippen molar-refractivity contribution in [2.75, 3.05) is 11.9 Å². The Kier molecular flexibility index (Phi) is 6.55. The molecule has 0 saturated carbocycles. The molecule has 1 amide bonds. The number of anilines is 1. The van der Waals surface area contributed by atoms with Crippen molar-refractivity contribution in [3.63, 3.8) is 0 Å². The van der Waals surface area contributed by atoms with Gasteiger partial charge in [0, 0.05) is 21.4 Å². The third-order valence-electron chi connectivity index (χ3n) is 3.43. The topological polar surface area (TPSA) is 95.5 Å². The number of hydrogen-bond acceptors (Lipinski definition) is 4. The van der Waals surface area contributed by atoms with Gasteiger partial charge in [0.25, 0.3) is 5.91 Å². The Labute approximate surface area is 160 Å². The summed E-state index contributed by atoms with van der Waals surface area (Å²) in [7, 11) is -3.71. The SMILES string of the molecule is Cc1cc(I)ccc1NC(=O)c1ccc(S(=O)(=O)NCC(C)O)cc1. The molecule has 0 aromatic heterocycles. The number of carbonyl (C=O) groups excluding carboxylic acids is 1. The second kappa shape index (κ2) is 8.26. The van der Waals surface area contributed by atoms with Crippen LogP contribution >= 0.6 is 22.6 Å². The minimum Gasteiger partial charge on any atom is -0.392 e. The number of hydrogen-bond donors (Lipinski definition) is 3.